The molecule has 7 aliphatic rings. The number of urea groups is 1. The lowest BCUT2D eigenvalue weighted by atomic mass is 9.39. The van der Waals surface area contributed by atoms with E-state index in [0.717, 1.165) is 143 Å². The van der Waals surface area contributed by atoms with E-state index in [1.807, 2.05) is 73.5 Å². The molecule has 4 aromatic heterocycles. The number of fused-ring (bicyclic) bond motifs is 2. The lowest BCUT2D eigenvalue weighted by Crippen LogP contribution is -2.64. The molecular formula is C73H94N15O10S+. The molecule has 3 aliphatic heterocycles. The number of primary amides is 1. The number of imide groups is 1. The van der Waals surface area contributed by atoms with Crippen LogP contribution in [0.5, 0.6) is 0 Å². The first kappa shape index (κ1) is 70.2. The minimum Gasteiger partial charge on any atom is -0.476 e. The van der Waals surface area contributed by atoms with Gasteiger partial charge in [0.1, 0.15) is 31.0 Å². The zero-order valence-electron chi connectivity index (χ0n) is 57.8. The van der Waals surface area contributed by atoms with Crippen LogP contribution < -0.4 is 37.2 Å². The van der Waals surface area contributed by atoms with Gasteiger partial charge in [0, 0.05) is 77.4 Å². The average molecular weight is 1370 g/mol. The summed E-state index contributed by atoms with van der Waals surface area (Å²) in [4.78, 5) is 102. The number of aromatic carboxylic acids is 1. The van der Waals surface area contributed by atoms with Gasteiger partial charge in [0.25, 0.3) is 11.8 Å². The van der Waals surface area contributed by atoms with Gasteiger partial charge in [-0.3, -0.25) is 33.6 Å². The summed E-state index contributed by atoms with van der Waals surface area (Å²) in [6.07, 6.45) is 17.1. The first-order valence-electron chi connectivity index (χ1n) is 35.1. The first-order valence-corrected chi connectivity index (χ1v) is 35.9. The van der Waals surface area contributed by atoms with E-state index in [9.17, 15) is 38.7 Å². The van der Waals surface area contributed by atoms with Crippen LogP contribution in [0, 0.1) is 36.0 Å². The molecule has 8 N–H and O–H groups in total. The molecule has 2 aromatic carbocycles. The minimum absolute atomic E-state index is 0.00688. The standard InChI is InChI=1S/C73H93N15O10S/c1-46(2)61(81-58(89)27-34-97-35-30-86-59(90)25-26-60(86)91)66(93)78-55(17-13-28-75-68(74)96)65(92)77-50-21-19-49(20-22-50)38-88(31-11-7-8-12-32-88)33-36-98-73-42-70(5)39-71(6,43-73)41-72(40-70,44-73)45-87-48(4)53(37-76-87)52-23-24-57(80-62(52)67(94)95)85-29-14-15-51-47(3)63(83-84-64(51)85)82-69-79-54-16-9-10-18-56(54)99-69/h9-10,16,18-26,37,46,55,61H,7-8,11-15,17,27-36,38-45H2,1-6H3,(H7-,74,75,77,78,79,81,82,83,89,92,93,94,95,96)/p+1/t55-,61-,70?,71?,72?,73?/m0/s1. The van der Waals surface area contributed by atoms with Gasteiger partial charge in [0.15, 0.2) is 22.5 Å². The predicted octanol–water partition coefficient (Wildman–Crippen LogP) is 9.56. The Morgan fingerprint density at radius 2 is 1.55 bits per heavy atom. The van der Waals surface area contributed by atoms with E-state index in [2.05, 4.69) is 62.3 Å². The van der Waals surface area contributed by atoms with Crippen LogP contribution in [-0.2, 0) is 53.0 Å². The summed E-state index contributed by atoms with van der Waals surface area (Å²) >= 11 is 1.56. The van der Waals surface area contributed by atoms with E-state index in [-0.39, 0.29) is 72.6 Å². The fraction of sp³-hybridized carbons (Fsp3) is 0.534. The highest BCUT2D eigenvalue weighted by Crippen LogP contribution is 2.72. The SMILES string of the molecule is Cc1c(Nc2nc3ccccc3s2)nnc2c1CCCN2c1ccc(-c2cnn(CC34CC5(C)CC(C)(C3)CC(OCC[N+]3(Cc6ccc(NC(=O)[C@H](CCCNC(N)=O)NC(=O)[C@@H](NC(=O)CCOCCN7C(=O)C=CC7=O)C(C)C)cc6)CCCCCC3)(C5)C4)c2C)c(C(=O)O)n1. The van der Waals surface area contributed by atoms with Gasteiger partial charge in [-0.2, -0.15) is 5.10 Å². The van der Waals surface area contributed by atoms with Crippen molar-refractivity contribution in [1.29, 1.82) is 0 Å². The smallest absolute Gasteiger partial charge is 0.355 e. The maximum Gasteiger partial charge on any atom is 0.355 e. The third-order valence-corrected chi connectivity index (χ3v) is 22.2. The van der Waals surface area contributed by atoms with Crippen molar-refractivity contribution < 1.29 is 52.6 Å². The van der Waals surface area contributed by atoms with Gasteiger partial charge in [-0.25, -0.2) is 19.6 Å². The van der Waals surface area contributed by atoms with E-state index in [1.165, 1.54) is 25.0 Å². The number of amides is 7. The number of benzene rings is 2. The molecule has 7 heterocycles. The summed E-state index contributed by atoms with van der Waals surface area (Å²) in [5.41, 5.74) is 11.9. The Hall–Kier alpha value is -8.72. The average Bonchev–Trinajstić information content (AvgIpc) is 0.760. The number of carboxylic acids is 1. The number of quaternary nitrogens is 1. The van der Waals surface area contributed by atoms with Crippen LogP contribution in [0.2, 0.25) is 0 Å². The molecule has 0 radical (unpaired) electrons. The van der Waals surface area contributed by atoms with Crippen molar-refractivity contribution in [2.45, 2.75) is 169 Å². The zero-order valence-corrected chi connectivity index (χ0v) is 58.6. The highest BCUT2D eigenvalue weighted by molar-refractivity contribution is 7.22. The number of carboxylic acid groups (broad SMARTS) is 1. The van der Waals surface area contributed by atoms with Crippen molar-refractivity contribution in [3.05, 3.63) is 107 Å². The normalized spacial score (nSPS) is 22.9. The third kappa shape index (κ3) is 16.0. The summed E-state index contributed by atoms with van der Waals surface area (Å²) in [5.74, 6) is -1.96. The number of hydrogen-bond acceptors (Lipinski definition) is 17. The van der Waals surface area contributed by atoms with Gasteiger partial charge >= 0.3 is 12.0 Å². The molecule has 13 rings (SSSR count). The number of hydrogen-bond donors (Lipinski definition) is 7. The molecule has 5 fully saturated rings. The van der Waals surface area contributed by atoms with Crippen molar-refractivity contribution in [1.82, 2.24) is 50.8 Å². The number of nitrogens with two attached hydrogens (primary N) is 1. The number of thiazole rings is 1. The molecule has 7 amide bonds. The zero-order chi connectivity index (χ0) is 69.9. The van der Waals surface area contributed by atoms with Crippen LogP contribution in [0.15, 0.2) is 79.0 Å². The number of carbonyl (C=O) groups is 7. The van der Waals surface area contributed by atoms with Crippen molar-refractivity contribution in [3.63, 3.8) is 0 Å². The number of rotatable bonds is 29. The fourth-order valence-electron chi connectivity index (χ4n) is 17.8. The number of nitrogens with one attached hydrogen (secondary N) is 5. The molecule has 2 unspecified atom stereocenters. The van der Waals surface area contributed by atoms with Crippen LogP contribution in [0.25, 0.3) is 21.3 Å². The van der Waals surface area contributed by atoms with Crippen LogP contribution in [0.1, 0.15) is 150 Å². The summed E-state index contributed by atoms with van der Waals surface area (Å²) in [5, 5.41) is 40.5. The van der Waals surface area contributed by atoms with Crippen molar-refractivity contribution >= 4 is 91.4 Å². The number of likely N-dealkylation sites (tertiary alicyclic amines) is 1. The Kier molecular flexibility index (Phi) is 20.7. The van der Waals surface area contributed by atoms with Crippen molar-refractivity contribution in [2.75, 3.05) is 74.6 Å². The van der Waals surface area contributed by atoms with E-state index >= 15 is 0 Å². The van der Waals surface area contributed by atoms with Crippen LogP contribution in [-0.4, -0.2) is 163 Å². The minimum atomic E-state index is -1.12. The highest BCUT2D eigenvalue weighted by atomic mass is 32.1. The Labute approximate surface area is 581 Å². The number of pyridine rings is 1. The maximum atomic E-state index is 14.1. The van der Waals surface area contributed by atoms with Gasteiger partial charge in [0.2, 0.25) is 17.7 Å². The summed E-state index contributed by atoms with van der Waals surface area (Å²) in [6, 6.07) is 17.0. The molecule has 4 bridgehead atoms. The molecule has 25 nitrogen and oxygen atoms in total. The number of anilines is 5. The summed E-state index contributed by atoms with van der Waals surface area (Å²) in [6.45, 7) is 18.5. The Bertz CT molecular complexity index is 4000. The van der Waals surface area contributed by atoms with Crippen molar-refractivity contribution in [3.8, 4) is 11.1 Å². The highest BCUT2D eigenvalue weighted by Gasteiger charge is 2.66. The maximum absolute atomic E-state index is 14.1. The second-order valence-corrected chi connectivity index (χ2v) is 30.8. The number of ether oxygens (including phenoxy) is 2. The number of aromatic nitrogens is 6. The first-order chi connectivity index (χ1) is 47.4. The van der Waals surface area contributed by atoms with Crippen LogP contribution in [0.3, 0.4) is 0 Å². The van der Waals surface area contributed by atoms with E-state index in [1.54, 1.807) is 25.2 Å². The Balaban J connectivity index is 0.683. The molecule has 0 spiro atoms. The summed E-state index contributed by atoms with van der Waals surface area (Å²) in [7, 11) is 0. The lowest BCUT2D eigenvalue weighted by molar-refractivity contribution is -0.940. The van der Waals surface area contributed by atoms with Gasteiger partial charge in [-0.1, -0.05) is 63.3 Å². The molecular weight excluding hydrogens is 1280 g/mol. The van der Waals surface area contributed by atoms with E-state index in [0.29, 0.717) is 54.8 Å². The van der Waals surface area contributed by atoms with Gasteiger partial charge in [0.05, 0.1) is 61.5 Å². The number of nitrogens with zero attached hydrogens (tertiary/aromatic N) is 9. The fourth-order valence-corrected chi connectivity index (χ4v) is 18.6. The Morgan fingerprint density at radius 3 is 2.25 bits per heavy atom. The van der Waals surface area contributed by atoms with Crippen LogP contribution >= 0.6 is 11.3 Å². The molecule has 4 atom stereocenters. The quantitative estimate of drug-likeness (QED) is 0.0130. The molecule has 526 valence electrons. The lowest BCUT2D eigenvalue weighted by Gasteiger charge is -2.69. The van der Waals surface area contributed by atoms with Gasteiger partial charge in [-0.05, 0) is 162 Å². The number of para-hydroxylation sites is 1. The molecule has 1 saturated heterocycles. The topological polar surface area (TPSA) is 320 Å². The van der Waals surface area contributed by atoms with E-state index < -0.39 is 53.6 Å². The van der Waals surface area contributed by atoms with E-state index in [4.69, 9.17) is 35.4 Å². The summed E-state index contributed by atoms with van der Waals surface area (Å²) < 4.78 is 17.1. The van der Waals surface area contributed by atoms with Gasteiger partial charge < -0.3 is 56.3 Å². The second kappa shape index (κ2) is 29.2. The Morgan fingerprint density at radius 1 is 0.808 bits per heavy atom. The van der Waals surface area contributed by atoms with Crippen molar-refractivity contribution in [2.24, 2.45) is 27.9 Å². The second-order valence-electron chi connectivity index (χ2n) is 29.8. The van der Waals surface area contributed by atoms with Gasteiger partial charge in [-0.15, -0.1) is 10.2 Å². The third-order valence-electron chi connectivity index (χ3n) is 21.2. The largest absolute Gasteiger partial charge is 0.476 e. The van der Waals surface area contributed by atoms with Crippen LogP contribution in [0.4, 0.5) is 33.1 Å². The molecule has 6 aromatic rings. The molecule has 4 saturated carbocycles. The monoisotopic (exact) mass is 1370 g/mol. The number of carbonyl (C=O) groups excluding carboxylic acids is 6. The molecule has 4 aliphatic carbocycles. The predicted molar refractivity (Wildman–Crippen MR) is 376 cm³/mol. The molecule has 26 heteroatoms. The molecule has 99 heavy (non-hydrogen) atoms.